The van der Waals surface area contributed by atoms with Crippen LogP contribution in [0.25, 0.3) is 5.69 Å². The van der Waals surface area contributed by atoms with Gasteiger partial charge in [0, 0.05) is 11.6 Å². The van der Waals surface area contributed by atoms with Gasteiger partial charge < -0.3 is 14.8 Å². The van der Waals surface area contributed by atoms with Crippen molar-refractivity contribution in [2.45, 2.75) is 13.8 Å². The van der Waals surface area contributed by atoms with Crippen LogP contribution >= 0.6 is 11.6 Å². The molecule has 0 aliphatic heterocycles. The highest BCUT2D eigenvalue weighted by atomic mass is 35.5. The number of nitrogens with one attached hydrogen (secondary N) is 1. The summed E-state index contributed by atoms with van der Waals surface area (Å²) in [5.41, 5.74) is 3.50. The number of carbonyl (C=O) groups is 1. The van der Waals surface area contributed by atoms with Crippen molar-refractivity contribution in [3.05, 3.63) is 64.4 Å². The number of aryl methyl sites for hydroxylation is 1. The maximum atomic E-state index is 12.6. The Labute approximate surface area is 162 Å². The summed E-state index contributed by atoms with van der Waals surface area (Å²) in [5.74, 6) is 0.931. The zero-order valence-corrected chi connectivity index (χ0v) is 16.3. The van der Waals surface area contributed by atoms with Crippen LogP contribution in [-0.4, -0.2) is 29.9 Å². The molecule has 1 amide bonds. The molecule has 3 aromatic rings. The van der Waals surface area contributed by atoms with Crippen LogP contribution in [0.4, 0.5) is 5.69 Å². The third kappa shape index (κ3) is 3.75. The molecular weight excluding hydrogens is 366 g/mol. The van der Waals surface area contributed by atoms with E-state index in [4.69, 9.17) is 21.1 Å². The Morgan fingerprint density at radius 1 is 1.07 bits per heavy atom. The van der Waals surface area contributed by atoms with Gasteiger partial charge in [-0.1, -0.05) is 11.6 Å². The van der Waals surface area contributed by atoms with Crippen LogP contribution in [0, 0.1) is 13.8 Å². The van der Waals surface area contributed by atoms with Crippen LogP contribution in [-0.2, 0) is 0 Å². The zero-order valence-electron chi connectivity index (χ0n) is 15.5. The number of aromatic nitrogens is 2. The fraction of sp³-hybridized carbons (Fsp3) is 0.200. The van der Waals surface area contributed by atoms with Crippen molar-refractivity contribution in [2.75, 3.05) is 19.5 Å². The number of halogens is 1. The van der Waals surface area contributed by atoms with Crippen molar-refractivity contribution in [1.29, 1.82) is 0 Å². The first kappa shape index (κ1) is 18.8. The molecule has 0 bridgehead atoms. The van der Waals surface area contributed by atoms with Gasteiger partial charge in [-0.3, -0.25) is 4.79 Å². The van der Waals surface area contributed by atoms with E-state index in [0.29, 0.717) is 27.8 Å². The second-order valence-electron chi connectivity index (χ2n) is 5.96. The highest BCUT2D eigenvalue weighted by Gasteiger charge is 2.13. The minimum atomic E-state index is -0.250. The summed E-state index contributed by atoms with van der Waals surface area (Å²) in [7, 11) is 3.11. The first-order valence-electron chi connectivity index (χ1n) is 8.30. The van der Waals surface area contributed by atoms with Gasteiger partial charge in [0.15, 0.2) is 0 Å². The molecule has 0 spiro atoms. The highest BCUT2D eigenvalue weighted by molar-refractivity contribution is 6.31. The number of carbonyl (C=O) groups excluding carboxylic acids is 1. The minimum Gasteiger partial charge on any atom is -0.497 e. The van der Waals surface area contributed by atoms with Crippen LogP contribution in [0.5, 0.6) is 11.5 Å². The number of ether oxygens (including phenoxy) is 2. The predicted octanol–water partition coefficient (Wildman–Crippen LogP) is 4.41. The smallest absolute Gasteiger partial charge is 0.255 e. The minimum absolute atomic E-state index is 0.250. The van der Waals surface area contributed by atoms with Crippen molar-refractivity contribution < 1.29 is 14.3 Å². The van der Waals surface area contributed by atoms with Gasteiger partial charge in [-0.2, -0.15) is 5.10 Å². The lowest BCUT2D eigenvalue weighted by atomic mass is 10.2. The van der Waals surface area contributed by atoms with Crippen LogP contribution < -0.4 is 14.8 Å². The maximum absolute atomic E-state index is 12.6. The summed E-state index contributed by atoms with van der Waals surface area (Å²) in [6, 6.07) is 12.3. The summed E-state index contributed by atoms with van der Waals surface area (Å²) < 4.78 is 12.2. The molecule has 1 aromatic heterocycles. The molecule has 3 rings (SSSR count). The van der Waals surface area contributed by atoms with E-state index in [-0.39, 0.29) is 5.91 Å². The molecule has 0 fully saturated rings. The summed E-state index contributed by atoms with van der Waals surface area (Å²) >= 11 is 6.20. The summed E-state index contributed by atoms with van der Waals surface area (Å²) in [4.78, 5) is 12.6. The molecule has 140 valence electrons. The third-order valence-corrected chi connectivity index (χ3v) is 4.78. The highest BCUT2D eigenvalue weighted by Crippen LogP contribution is 2.29. The van der Waals surface area contributed by atoms with E-state index in [1.54, 1.807) is 49.2 Å². The Bertz CT molecular complexity index is 981. The van der Waals surface area contributed by atoms with Gasteiger partial charge in [0.1, 0.15) is 11.5 Å². The molecular formula is C20H20ClN3O3. The Morgan fingerprint density at radius 3 is 2.33 bits per heavy atom. The van der Waals surface area contributed by atoms with E-state index in [0.717, 1.165) is 17.1 Å². The molecule has 0 unspecified atom stereocenters. The van der Waals surface area contributed by atoms with E-state index in [1.165, 1.54) is 0 Å². The van der Waals surface area contributed by atoms with Crippen LogP contribution in [0.2, 0.25) is 5.02 Å². The lowest BCUT2D eigenvalue weighted by Crippen LogP contribution is -2.13. The fourth-order valence-electron chi connectivity index (χ4n) is 2.74. The summed E-state index contributed by atoms with van der Waals surface area (Å²) in [6.45, 7) is 3.76. The molecule has 0 aliphatic rings. The lowest BCUT2D eigenvalue weighted by molar-refractivity contribution is 0.102. The van der Waals surface area contributed by atoms with Crippen LogP contribution in [0.3, 0.4) is 0 Å². The van der Waals surface area contributed by atoms with Gasteiger partial charge >= 0.3 is 0 Å². The normalized spacial score (nSPS) is 10.6. The van der Waals surface area contributed by atoms with E-state index < -0.39 is 0 Å². The van der Waals surface area contributed by atoms with Crippen molar-refractivity contribution >= 4 is 23.2 Å². The van der Waals surface area contributed by atoms with E-state index in [9.17, 15) is 4.79 Å². The van der Waals surface area contributed by atoms with Crippen molar-refractivity contribution in [1.82, 2.24) is 9.78 Å². The number of amides is 1. The Hall–Kier alpha value is -2.99. The quantitative estimate of drug-likeness (QED) is 0.706. The van der Waals surface area contributed by atoms with Gasteiger partial charge in [-0.15, -0.1) is 0 Å². The van der Waals surface area contributed by atoms with Gasteiger partial charge in [-0.25, -0.2) is 4.68 Å². The number of anilines is 1. The second-order valence-corrected chi connectivity index (χ2v) is 6.34. The Kier molecular flexibility index (Phi) is 5.37. The van der Waals surface area contributed by atoms with Crippen molar-refractivity contribution in [3.8, 4) is 17.2 Å². The number of rotatable bonds is 5. The Balaban J connectivity index is 1.83. The van der Waals surface area contributed by atoms with E-state index >= 15 is 0 Å². The third-order valence-electron chi connectivity index (χ3n) is 4.23. The van der Waals surface area contributed by atoms with Crippen LogP contribution in [0.15, 0.2) is 42.5 Å². The zero-order chi connectivity index (χ0) is 19.6. The molecule has 6 nitrogen and oxygen atoms in total. The van der Waals surface area contributed by atoms with Gasteiger partial charge in [0.2, 0.25) is 0 Å². The molecule has 1 heterocycles. The first-order valence-corrected chi connectivity index (χ1v) is 8.68. The summed E-state index contributed by atoms with van der Waals surface area (Å²) in [6.07, 6.45) is 0. The topological polar surface area (TPSA) is 65.4 Å². The predicted molar refractivity (Wildman–Crippen MR) is 106 cm³/mol. The maximum Gasteiger partial charge on any atom is 0.255 e. The fourth-order valence-corrected chi connectivity index (χ4v) is 2.85. The van der Waals surface area contributed by atoms with Crippen molar-refractivity contribution in [2.24, 2.45) is 0 Å². The molecule has 0 aliphatic carbocycles. The van der Waals surface area contributed by atoms with Crippen molar-refractivity contribution in [3.63, 3.8) is 0 Å². The molecule has 0 atom stereocenters. The van der Waals surface area contributed by atoms with Gasteiger partial charge in [0.05, 0.1) is 42.0 Å². The molecule has 0 saturated carbocycles. The number of benzene rings is 2. The summed E-state index contributed by atoms with van der Waals surface area (Å²) in [5, 5.41) is 7.91. The van der Waals surface area contributed by atoms with E-state index in [2.05, 4.69) is 10.4 Å². The average molecular weight is 386 g/mol. The number of hydrogen-bond acceptors (Lipinski definition) is 4. The molecule has 1 N–H and O–H groups in total. The molecule has 7 heteroatoms. The molecule has 0 radical (unpaired) electrons. The standard InChI is InChI=1S/C20H20ClN3O3/c1-12-19(21)13(2)24(23-12)15-7-5-14(6-8-15)20(25)22-17-11-16(26-3)9-10-18(17)27-4/h5-11H,1-4H3,(H,22,25). The second kappa shape index (κ2) is 7.72. The number of methoxy groups -OCH3 is 2. The van der Waals surface area contributed by atoms with Crippen LogP contribution in [0.1, 0.15) is 21.7 Å². The average Bonchev–Trinajstić information content (AvgIpc) is 2.95. The molecule has 0 saturated heterocycles. The molecule has 2 aromatic carbocycles. The number of nitrogens with zero attached hydrogens (tertiary/aromatic N) is 2. The van der Waals surface area contributed by atoms with Gasteiger partial charge in [-0.05, 0) is 50.2 Å². The monoisotopic (exact) mass is 385 g/mol. The van der Waals surface area contributed by atoms with E-state index in [1.807, 2.05) is 26.0 Å². The largest absolute Gasteiger partial charge is 0.497 e. The van der Waals surface area contributed by atoms with Gasteiger partial charge in [0.25, 0.3) is 5.91 Å². The Morgan fingerprint density at radius 2 is 1.78 bits per heavy atom. The lowest BCUT2D eigenvalue weighted by Gasteiger charge is -2.12. The molecule has 27 heavy (non-hydrogen) atoms. The SMILES string of the molecule is COc1ccc(OC)c(NC(=O)c2ccc(-n3nc(C)c(Cl)c3C)cc2)c1. The number of hydrogen-bond donors (Lipinski definition) is 1. The first-order chi connectivity index (χ1) is 12.9.